The lowest BCUT2D eigenvalue weighted by Gasteiger charge is -2.24. The Morgan fingerprint density at radius 1 is 1.30 bits per heavy atom. The van der Waals surface area contributed by atoms with E-state index >= 15 is 0 Å². The third kappa shape index (κ3) is 5.61. The molecule has 0 unspecified atom stereocenters. The molecule has 2 atom stereocenters. The maximum Gasteiger partial charge on any atom is 0.410 e. The normalized spacial score (nSPS) is 22.3. The molecule has 5 nitrogen and oxygen atoms in total. The monoisotopic (exact) mass is 302 g/mol. The first-order valence-corrected chi connectivity index (χ1v) is 8.04. The van der Waals surface area contributed by atoms with Crippen LogP contribution in [-0.4, -0.2) is 44.9 Å². The molecule has 1 heterocycles. The Hall–Kier alpha value is -0.910. The topological polar surface area (TPSA) is 59.0 Å². The second-order valence-corrected chi connectivity index (χ2v) is 9.02. The van der Waals surface area contributed by atoms with Crippen molar-refractivity contribution in [3.8, 4) is 0 Å². The van der Waals surface area contributed by atoms with Gasteiger partial charge in [0.1, 0.15) is 16.6 Å². The van der Waals surface area contributed by atoms with Gasteiger partial charge in [0.2, 0.25) is 0 Å². The van der Waals surface area contributed by atoms with Crippen molar-refractivity contribution in [3.05, 3.63) is 0 Å². The van der Waals surface area contributed by atoms with E-state index in [1.165, 1.54) is 0 Å². The number of ether oxygens (including phenoxy) is 1. The summed E-state index contributed by atoms with van der Waals surface area (Å²) >= 11 is 0. The van der Waals surface area contributed by atoms with Crippen molar-refractivity contribution >= 4 is 23.3 Å². The summed E-state index contributed by atoms with van der Waals surface area (Å²) in [5.74, 6) is 0.161. The molecule has 1 aliphatic rings. The number of likely N-dealkylation sites (tertiary alicyclic amines) is 1. The molecular weight excluding hydrogens is 276 g/mol. The summed E-state index contributed by atoms with van der Waals surface area (Å²) in [6, 6.07) is 0. The molecule has 0 spiro atoms. The molecule has 1 aliphatic heterocycles. The largest absolute Gasteiger partial charge is 0.444 e. The van der Waals surface area contributed by atoms with Crippen molar-refractivity contribution in [1.82, 2.24) is 4.90 Å². The Kier molecular flexibility index (Phi) is 5.35. The molecule has 6 heteroatoms. The predicted molar refractivity (Wildman–Crippen MR) is 82.3 cm³/mol. The van der Waals surface area contributed by atoms with E-state index in [2.05, 4.69) is 4.40 Å². The molecule has 1 fully saturated rings. The minimum absolute atomic E-state index is 0.161. The van der Waals surface area contributed by atoms with Crippen LogP contribution in [0.5, 0.6) is 0 Å². The molecule has 0 aromatic carbocycles. The van der Waals surface area contributed by atoms with Gasteiger partial charge in [-0.2, -0.15) is 4.40 Å². The van der Waals surface area contributed by atoms with E-state index in [0.717, 1.165) is 6.42 Å². The molecule has 1 rings (SSSR count). The van der Waals surface area contributed by atoms with Gasteiger partial charge >= 0.3 is 6.09 Å². The lowest BCUT2D eigenvalue weighted by molar-refractivity contribution is 0.0292. The highest BCUT2D eigenvalue weighted by molar-refractivity contribution is 7.85. The summed E-state index contributed by atoms with van der Waals surface area (Å²) < 4.78 is 20.9. The fraction of sp³-hybridized carbons (Fsp3) is 0.857. The van der Waals surface area contributed by atoms with Crippen LogP contribution in [0.1, 0.15) is 48.0 Å². The van der Waals surface area contributed by atoms with E-state index in [0.29, 0.717) is 13.1 Å². The zero-order valence-corrected chi connectivity index (χ0v) is 14.1. The van der Waals surface area contributed by atoms with Crippen LogP contribution in [-0.2, 0) is 15.7 Å². The Morgan fingerprint density at radius 2 is 1.90 bits per heavy atom. The molecule has 0 aromatic rings. The minimum atomic E-state index is -1.24. The Balaban J connectivity index is 2.50. The van der Waals surface area contributed by atoms with Crippen molar-refractivity contribution < 1.29 is 13.7 Å². The van der Waals surface area contributed by atoms with Crippen molar-refractivity contribution in [1.29, 1.82) is 0 Å². The summed E-state index contributed by atoms with van der Waals surface area (Å²) in [5, 5.41) is 0. The fourth-order valence-electron chi connectivity index (χ4n) is 1.70. The van der Waals surface area contributed by atoms with Gasteiger partial charge in [-0.15, -0.1) is 0 Å². The van der Waals surface area contributed by atoms with Crippen LogP contribution in [0.3, 0.4) is 0 Å². The highest BCUT2D eigenvalue weighted by Crippen LogP contribution is 2.19. The maximum absolute atomic E-state index is 11.9. The summed E-state index contributed by atoms with van der Waals surface area (Å²) in [6.07, 6.45) is 2.28. The van der Waals surface area contributed by atoms with Gasteiger partial charge in [0.05, 0.1) is 4.75 Å². The summed E-state index contributed by atoms with van der Waals surface area (Å²) in [4.78, 5) is 13.6. The average molecular weight is 302 g/mol. The lowest BCUT2D eigenvalue weighted by atomic mass is 10.1. The van der Waals surface area contributed by atoms with Crippen LogP contribution in [0.25, 0.3) is 0 Å². The molecule has 116 valence electrons. The van der Waals surface area contributed by atoms with E-state index in [1.807, 2.05) is 41.5 Å². The van der Waals surface area contributed by atoms with Crippen LogP contribution < -0.4 is 0 Å². The number of hydrogen-bond acceptors (Lipinski definition) is 3. The zero-order chi connectivity index (χ0) is 15.6. The maximum atomic E-state index is 11.9. The van der Waals surface area contributed by atoms with Gasteiger partial charge in [0.25, 0.3) is 0 Å². The molecule has 0 aliphatic carbocycles. The molecule has 0 aromatic heterocycles. The SMILES string of the molecule is CC(C)(C)OC(=O)N1CC[C@H](/C=N/[S@](=O)C(C)(C)C)C1. The van der Waals surface area contributed by atoms with Gasteiger partial charge in [-0.25, -0.2) is 9.00 Å². The van der Waals surface area contributed by atoms with Gasteiger partial charge in [0.15, 0.2) is 0 Å². The van der Waals surface area contributed by atoms with E-state index in [9.17, 15) is 9.00 Å². The van der Waals surface area contributed by atoms with Gasteiger partial charge in [0, 0.05) is 25.2 Å². The lowest BCUT2D eigenvalue weighted by Crippen LogP contribution is -2.35. The van der Waals surface area contributed by atoms with Crippen LogP contribution >= 0.6 is 0 Å². The van der Waals surface area contributed by atoms with Crippen LogP contribution in [0.15, 0.2) is 4.40 Å². The van der Waals surface area contributed by atoms with Crippen LogP contribution in [0.2, 0.25) is 0 Å². The number of nitrogens with zero attached hydrogens (tertiary/aromatic N) is 2. The second kappa shape index (κ2) is 6.24. The van der Waals surface area contributed by atoms with Crippen LogP contribution in [0, 0.1) is 5.92 Å². The van der Waals surface area contributed by atoms with E-state index in [-0.39, 0.29) is 16.8 Å². The second-order valence-electron chi connectivity index (χ2n) is 7.09. The number of hydrogen-bond donors (Lipinski definition) is 0. The third-order valence-electron chi connectivity index (χ3n) is 2.77. The van der Waals surface area contributed by atoms with Gasteiger partial charge < -0.3 is 9.64 Å². The Morgan fingerprint density at radius 3 is 2.40 bits per heavy atom. The molecule has 0 N–H and O–H groups in total. The molecule has 0 bridgehead atoms. The average Bonchev–Trinajstić information content (AvgIpc) is 2.70. The molecular formula is C14H26N2O3S. The van der Waals surface area contributed by atoms with E-state index in [4.69, 9.17) is 4.74 Å². The van der Waals surface area contributed by atoms with Crippen LogP contribution in [0.4, 0.5) is 4.79 Å². The highest BCUT2D eigenvalue weighted by atomic mass is 32.2. The van der Waals surface area contributed by atoms with Gasteiger partial charge in [-0.3, -0.25) is 0 Å². The van der Waals surface area contributed by atoms with E-state index in [1.54, 1.807) is 11.1 Å². The summed E-state index contributed by atoms with van der Waals surface area (Å²) in [5.41, 5.74) is -0.475. The van der Waals surface area contributed by atoms with Crippen molar-refractivity contribution in [2.45, 2.75) is 58.3 Å². The molecule has 1 saturated heterocycles. The summed E-state index contributed by atoms with van der Waals surface area (Å²) in [7, 11) is -1.24. The van der Waals surface area contributed by atoms with E-state index < -0.39 is 16.6 Å². The standard InChI is InChI=1S/C14H26N2O3S/c1-13(2,3)19-12(17)16-8-7-11(10-16)9-15-20(18)14(4,5)6/h9,11H,7-8,10H2,1-6H3/b15-9+/t11-,20-/m1/s1. The third-order valence-corrected chi connectivity index (χ3v) is 4.13. The summed E-state index contributed by atoms with van der Waals surface area (Å²) in [6.45, 7) is 12.5. The highest BCUT2D eigenvalue weighted by Gasteiger charge is 2.29. The number of carbonyl (C=O) groups excluding carboxylic acids is 1. The number of carbonyl (C=O) groups is 1. The zero-order valence-electron chi connectivity index (χ0n) is 13.3. The molecule has 0 saturated carbocycles. The minimum Gasteiger partial charge on any atom is -0.444 e. The smallest absolute Gasteiger partial charge is 0.410 e. The quantitative estimate of drug-likeness (QED) is 0.737. The van der Waals surface area contributed by atoms with Crippen molar-refractivity contribution in [2.75, 3.05) is 13.1 Å². The first-order valence-electron chi connectivity index (χ1n) is 6.93. The van der Waals surface area contributed by atoms with Crippen molar-refractivity contribution in [2.24, 2.45) is 10.3 Å². The number of rotatable bonds is 2. The molecule has 1 amide bonds. The first kappa shape index (κ1) is 17.1. The fourth-order valence-corrected chi connectivity index (χ4v) is 2.30. The Bertz CT molecular complexity index is 408. The Labute approximate surface area is 124 Å². The van der Waals surface area contributed by atoms with Gasteiger partial charge in [-0.05, 0) is 48.0 Å². The van der Waals surface area contributed by atoms with Gasteiger partial charge in [-0.1, -0.05) is 0 Å². The molecule has 20 heavy (non-hydrogen) atoms. The number of amides is 1. The van der Waals surface area contributed by atoms with Crippen molar-refractivity contribution in [3.63, 3.8) is 0 Å². The first-order chi connectivity index (χ1) is 8.99. The molecule has 0 radical (unpaired) electrons. The predicted octanol–water partition coefficient (Wildman–Crippen LogP) is 2.78.